The number of alkyl carbamates (subject to hydrolysis) is 1. The first-order valence-electron chi connectivity index (χ1n) is 13.2. The molecule has 0 saturated heterocycles. The molecular weight excluding hydrogens is 679 g/mol. The number of halogens is 4. The molecule has 0 heterocycles. The zero-order valence-corrected chi connectivity index (χ0v) is 29.5. The normalized spacial score (nSPS) is 12.0. The molecular formula is C30H54Br2Cl2N4O2. The molecule has 0 bridgehead atoms. The molecule has 0 spiro atoms. The van der Waals surface area contributed by atoms with E-state index in [2.05, 4.69) is 97.5 Å². The highest BCUT2D eigenvalue weighted by Gasteiger charge is 2.18. The monoisotopic (exact) mass is 731 g/mol. The summed E-state index contributed by atoms with van der Waals surface area (Å²) in [6, 6.07) is 17.3. The summed E-state index contributed by atoms with van der Waals surface area (Å²) in [5.41, 5.74) is 7.80. The number of ether oxygens (including phenoxy) is 1. The predicted octanol–water partition coefficient (Wildman–Crippen LogP) is 7.83. The third-order valence-corrected chi connectivity index (χ3v) is 6.44. The Hall–Kier alpha value is -0.870. The van der Waals surface area contributed by atoms with E-state index >= 15 is 0 Å². The quantitative estimate of drug-likeness (QED) is 0.275. The van der Waals surface area contributed by atoms with Crippen molar-refractivity contribution in [2.45, 2.75) is 72.5 Å². The van der Waals surface area contributed by atoms with Crippen LogP contribution in [-0.4, -0.2) is 74.9 Å². The van der Waals surface area contributed by atoms with Gasteiger partial charge < -0.3 is 25.6 Å². The number of carbonyl (C=O) groups is 1. The summed E-state index contributed by atoms with van der Waals surface area (Å²) in [7, 11) is 8.16. The minimum Gasteiger partial charge on any atom is -0.444 e. The zero-order valence-electron chi connectivity index (χ0n) is 25.7. The molecule has 0 unspecified atom stereocenters. The van der Waals surface area contributed by atoms with Gasteiger partial charge in [0.2, 0.25) is 0 Å². The second-order valence-corrected chi connectivity index (χ2v) is 11.8. The van der Waals surface area contributed by atoms with Gasteiger partial charge in [-0.05, 0) is 97.2 Å². The molecule has 3 N–H and O–H groups in total. The maximum Gasteiger partial charge on any atom is 0.407 e. The van der Waals surface area contributed by atoms with E-state index in [1.165, 1.54) is 11.1 Å². The summed E-state index contributed by atoms with van der Waals surface area (Å²) in [4.78, 5) is 16.0. The Labute approximate surface area is 275 Å². The summed E-state index contributed by atoms with van der Waals surface area (Å²) >= 11 is 6.86. The lowest BCUT2D eigenvalue weighted by molar-refractivity contribution is 0.0514. The standard InChI is InChI=1S/C16H25BrN2O2.C11H17BrN2.C2H6.CH4.2ClH/c1-16(2,3)21-15(20)18-11-14(19(4)5)10-12-6-8-13(17)9-7-12;1-14(2)11(8-13)7-9-3-5-10(12)6-4-9;1-2;;;/h6-9,14H,10-11H2,1-5H3,(H,18,20);3-6,11H,7-8,13H2,1-2H3;1-2H3;1H4;2*1H/t14-;11-;;;;/m00..../s1/i;;1D;;;. The van der Waals surface area contributed by atoms with Gasteiger partial charge in [0.15, 0.2) is 0 Å². The van der Waals surface area contributed by atoms with Crippen molar-refractivity contribution in [3.63, 3.8) is 0 Å². The van der Waals surface area contributed by atoms with Crippen molar-refractivity contribution >= 4 is 62.8 Å². The molecule has 2 atom stereocenters. The van der Waals surface area contributed by atoms with Crippen LogP contribution in [0.5, 0.6) is 0 Å². The maximum atomic E-state index is 11.7. The lowest BCUT2D eigenvalue weighted by atomic mass is 10.1. The Balaban J connectivity index is -0.000000300. The van der Waals surface area contributed by atoms with Gasteiger partial charge in [-0.25, -0.2) is 4.79 Å². The number of amides is 1. The number of nitrogens with zero attached hydrogens (tertiary/aromatic N) is 2. The minimum absolute atomic E-state index is 0. The number of hydrogen-bond donors (Lipinski definition) is 2. The van der Waals surface area contributed by atoms with Crippen molar-refractivity contribution in [1.29, 1.82) is 0 Å². The molecule has 6 nitrogen and oxygen atoms in total. The van der Waals surface area contributed by atoms with Gasteiger partial charge in [-0.3, -0.25) is 0 Å². The fraction of sp³-hybridized carbons (Fsp3) is 0.567. The van der Waals surface area contributed by atoms with Gasteiger partial charge in [0.05, 0.1) is 0 Å². The second-order valence-electron chi connectivity index (χ2n) is 10.0. The largest absolute Gasteiger partial charge is 0.444 e. The molecule has 0 aliphatic heterocycles. The number of rotatable bonds is 9. The van der Waals surface area contributed by atoms with Crippen LogP contribution in [0.4, 0.5) is 4.79 Å². The predicted molar refractivity (Wildman–Crippen MR) is 187 cm³/mol. The lowest BCUT2D eigenvalue weighted by Gasteiger charge is -2.26. The van der Waals surface area contributed by atoms with Crippen LogP contribution >= 0.6 is 56.7 Å². The summed E-state index contributed by atoms with van der Waals surface area (Å²) < 4.78 is 13.7. The first kappa shape index (κ1) is 43.6. The van der Waals surface area contributed by atoms with Crippen LogP contribution in [0.25, 0.3) is 0 Å². The van der Waals surface area contributed by atoms with Gasteiger partial charge in [0, 0.05) is 35.5 Å². The summed E-state index contributed by atoms with van der Waals surface area (Å²) in [6.07, 6.45) is 1.51. The molecule has 0 aliphatic carbocycles. The van der Waals surface area contributed by atoms with E-state index in [1.807, 2.05) is 47.0 Å². The fourth-order valence-corrected chi connectivity index (χ4v) is 3.74. The molecule has 0 aromatic heterocycles. The van der Waals surface area contributed by atoms with E-state index < -0.39 is 5.60 Å². The topological polar surface area (TPSA) is 70.8 Å². The van der Waals surface area contributed by atoms with Crippen LogP contribution in [0.3, 0.4) is 0 Å². The fourth-order valence-electron chi connectivity index (χ4n) is 3.21. The Morgan fingerprint density at radius 2 is 1.25 bits per heavy atom. The molecule has 0 fully saturated rings. The number of nitrogens with two attached hydrogens (primary N) is 1. The van der Waals surface area contributed by atoms with Gasteiger partial charge in [0.1, 0.15) is 5.60 Å². The van der Waals surface area contributed by atoms with Gasteiger partial charge in [-0.2, -0.15) is 0 Å². The molecule has 1 amide bonds. The van der Waals surface area contributed by atoms with E-state index in [0.29, 0.717) is 26.0 Å². The molecule has 234 valence electrons. The van der Waals surface area contributed by atoms with E-state index in [4.69, 9.17) is 11.8 Å². The SMILES string of the molecule is C.CN(C)[C@H](CN)Cc1ccc(Br)cc1.CN(C)[C@H](CNC(=O)OC(C)(C)C)Cc1ccc(Br)cc1.Cl.Cl.[2H]CC. The van der Waals surface area contributed by atoms with E-state index in [9.17, 15) is 4.79 Å². The Bertz CT molecular complexity index is 901. The van der Waals surface area contributed by atoms with Crippen LogP contribution in [0, 0.1) is 0 Å². The van der Waals surface area contributed by atoms with Crippen molar-refractivity contribution < 1.29 is 10.9 Å². The maximum absolute atomic E-state index is 11.7. The number of nitrogens with one attached hydrogen (secondary N) is 1. The first-order valence-corrected chi connectivity index (χ1v) is 14.1. The van der Waals surface area contributed by atoms with Crippen molar-refractivity contribution in [2.75, 3.05) is 41.3 Å². The smallest absolute Gasteiger partial charge is 0.407 e. The number of benzene rings is 2. The average molecular weight is 735 g/mol. The summed E-state index contributed by atoms with van der Waals surface area (Å²) in [6.45, 7) is 9.12. The number of carbonyl (C=O) groups excluding carboxylic acids is 1. The third-order valence-electron chi connectivity index (χ3n) is 5.38. The molecule has 2 aromatic rings. The lowest BCUT2D eigenvalue weighted by Crippen LogP contribution is -2.43. The molecule has 2 rings (SSSR count). The highest BCUT2D eigenvalue weighted by molar-refractivity contribution is 9.10. The van der Waals surface area contributed by atoms with Crippen LogP contribution in [-0.2, 0) is 17.6 Å². The van der Waals surface area contributed by atoms with Crippen molar-refractivity contribution in [1.82, 2.24) is 15.1 Å². The van der Waals surface area contributed by atoms with Crippen LogP contribution < -0.4 is 11.1 Å². The highest BCUT2D eigenvalue weighted by Crippen LogP contribution is 2.14. The molecule has 0 radical (unpaired) electrons. The number of hydrogen-bond acceptors (Lipinski definition) is 5. The van der Waals surface area contributed by atoms with Gasteiger partial charge in [0.25, 0.3) is 0 Å². The van der Waals surface area contributed by atoms with Crippen molar-refractivity contribution in [3.05, 3.63) is 68.6 Å². The molecule has 0 aliphatic rings. The van der Waals surface area contributed by atoms with Gasteiger partial charge in [-0.1, -0.05) is 77.4 Å². The van der Waals surface area contributed by atoms with Crippen molar-refractivity contribution in [2.24, 2.45) is 5.73 Å². The summed E-state index contributed by atoms with van der Waals surface area (Å²) in [5, 5.41) is 2.84. The zero-order chi connectivity index (χ0) is 29.3. The van der Waals surface area contributed by atoms with Crippen LogP contribution in [0.15, 0.2) is 57.5 Å². The third kappa shape index (κ3) is 21.8. The first-order chi connectivity index (χ1) is 17.7. The Kier molecular flexibility index (Phi) is 26.9. The van der Waals surface area contributed by atoms with Crippen molar-refractivity contribution in [3.8, 4) is 0 Å². The van der Waals surface area contributed by atoms with Gasteiger partial charge >= 0.3 is 6.09 Å². The van der Waals surface area contributed by atoms with Gasteiger partial charge in [-0.15, -0.1) is 24.8 Å². The molecule has 2 aromatic carbocycles. The highest BCUT2D eigenvalue weighted by atomic mass is 79.9. The average Bonchev–Trinajstić information content (AvgIpc) is 2.82. The Morgan fingerprint density at radius 3 is 1.55 bits per heavy atom. The van der Waals surface area contributed by atoms with Crippen LogP contribution in [0.1, 0.15) is 54.5 Å². The molecule has 0 saturated carbocycles. The van der Waals surface area contributed by atoms with Crippen LogP contribution in [0.2, 0.25) is 0 Å². The number of likely N-dealkylation sites (N-methyl/N-ethyl adjacent to an activating group) is 2. The second kappa shape index (κ2) is 24.7. The summed E-state index contributed by atoms with van der Waals surface area (Å²) in [5.74, 6) is 0. The van der Waals surface area contributed by atoms with E-state index in [0.717, 1.165) is 21.8 Å². The van der Waals surface area contributed by atoms with E-state index in [-0.39, 0.29) is 44.4 Å². The minimum atomic E-state index is -0.469. The molecule has 10 heteroatoms. The van der Waals surface area contributed by atoms with E-state index in [1.54, 1.807) is 6.92 Å². The Morgan fingerprint density at radius 1 is 0.900 bits per heavy atom. The molecule has 40 heavy (non-hydrogen) atoms.